The Bertz CT molecular complexity index is 532. The van der Waals surface area contributed by atoms with Gasteiger partial charge in [0.05, 0.1) is 14.2 Å². The third kappa shape index (κ3) is 2.70. The van der Waals surface area contributed by atoms with Crippen molar-refractivity contribution in [2.45, 2.75) is 18.9 Å². The largest absolute Gasteiger partial charge is 0.493 e. The molecule has 2 aliphatic heterocycles. The summed E-state index contributed by atoms with van der Waals surface area (Å²) in [4.78, 5) is 14.6. The van der Waals surface area contributed by atoms with Gasteiger partial charge in [-0.15, -0.1) is 0 Å². The first kappa shape index (κ1) is 14.2. The quantitative estimate of drug-likeness (QED) is 0.917. The van der Waals surface area contributed by atoms with E-state index in [4.69, 9.17) is 9.47 Å². The fourth-order valence-corrected chi connectivity index (χ4v) is 3.38. The molecule has 3 rings (SSSR count). The van der Waals surface area contributed by atoms with Crippen LogP contribution >= 0.6 is 0 Å². The predicted molar refractivity (Wildman–Crippen MR) is 80.0 cm³/mol. The molecule has 5 nitrogen and oxygen atoms in total. The van der Waals surface area contributed by atoms with E-state index in [9.17, 15) is 4.79 Å². The highest BCUT2D eigenvalue weighted by Crippen LogP contribution is 2.30. The number of hydrogen-bond donors (Lipinski definition) is 1. The minimum atomic E-state index is 0.0845. The lowest BCUT2D eigenvalue weighted by Gasteiger charge is -2.35. The van der Waals surface area contributed by atoms with Crippen LogP contribution in [-0.4, -0.2) is 50.7 Å². The van der Waals surface area contributed by atoms with Gasteiger partial charge in [0.1, 0.15) is 0 Å². The Balaban J connectivity index is 1.75. The SMILES string of the molecule is COc1ccc(C(=O)N2CCC3NCCC3C2)cc1OC. The molecule has 2 fully saturated rings. The number of hydrogen-bond acceptors (Lipinski definition) is 4. The monoisotopic (exact) mass is 290 g/mol. The van der Waals surface area contributed by atoms with E-state index in [1.807, 2.05) is 11.0 Å². The van der Waals surface area contributed by atoms with E-state index in [0.717, 1.165) is 26.1 Å². The minimum Gasteiger partial charge on any atom is -0.493 e. The van der Waals surface area contributed by atoms with Crippen molar-refractivity contribution in [1.29, 1.82) is 0 Å². The zero-order chi connectivity index (χ0) is 14.8. The van der Waals surface area contributed by atoms with Crippen LogP contribution < -0.4 is 14.8 Å². The smallest absolute Gasteiger partial charge is 0.254 e. The van der Waals surface area contributed by atoms with Crippen molar-refractivity contribution in [1.82, 2.24) is 10.2 Å². The number of rotatable bonds is 3. The van der Waals surface area contributed by atoms with Crippen LogP contribution in [0, 0.1) is 5.92 Å². The number of benzene rings is 1. The molecule has 1 N–H and O–H groups in total. The van der Waals surface area contributed by atoms with Crippen LogP contribution in [0.5, 0.6) is 11.5 Å². The highest BCUT2D eigenvalue weighted by atomic mass is 16.5. The second-order valence-electron chi connectivity index (χ2n) is 5.72. The van der Waals surface area contributed by atoms with Crippen molar-refractivity contribution >= 4 is 5.91 Å². The van der Waals surface area contributed by atoms with E-state index >= 15 is 0 Å². The summed E-state index contributed by atoms with van der Waals surface area (Å²) in [5, 5.41) is 3.52. The number of nitrogens with zero attached hydrogens (tertiary/aromatic N) is 1. The van der Waals surface area contributed by atoms with Crippen molar-refractivity contribution in [3.8, 4) is 11.5 Å². The van der Waals surface area contributed by atoms with Crippen LogP contribution in [0.4, 0.5) is 0 Å². The van der Waals surface area contributed by atoms with Crippen LogP contribution in [-0.2, 0) is 0 Å². The maximum atomic E-state index is 12.7. The van der Waals surface area contributed by atoms with Gasteiger partial charge in [0, 0.05) is 24.7 Å². The molecule has 2 saturated heterocycles. The maximum Gasteiger partial charge on any atom is 0.254 e. The molecule has 1 amide bonds. The van der Waals surface area contributed by atoms with Gasteiger partial charge < -0.3 is 19.7 Å². The standard InChI is InChI=1S/C16H22N2O3/c1-20-14-4-3-11(9-15(14)21-2)16(19)18-8-6-13-12(10-18)5-7-17-13/h3-4,9,12-13,17H,5-8,10H2,1-2H3. The van der Waals surface area contributed by atoms with Crippen LogP contribution in [0.15, 0.2) is 18.2 Å². The highest BCUT2D eigenvalue weighted by molar-refractivity contribution is 5.95. The van der Waals surface area contributed by atoms with Crippen LogP contribution in [0.3, 0.4) is 0 Å². The molecule has 1 aromatic rings. The molecular formula is C16H22N2O3. The number of carbonyl (C=O) groups is 1. The third-order valence-electron chi connectivity index (χ3n) is 4.57. The number of ether oxygens (including phenoxy) is 2. The molecule has 21 heavy (non-hydrogen) atoms. The molecular weight excluding hydrogens is 268 g/mol. The average Bonchev–Trinajstić information content (AvgIpc) is 3.00. The van der Waals surface area contributed by atoms with Gasteiger partial charge in [-0.2, -0.15) is 0 Å². The average molecular weight is 290 g/mol. The number of fused-ring (bicyclic) bond motifs is 1. The third-order valence-corrected chi connectivity index (χ3v) is 4.57. The summed E-state index contributed by atoms with van der Waals surface area (Å²) in [5.41, 5.74) is 0.664. The molecule has 114 valence electrons. The summed E-state index contributed by atoms with van der Waals surface area (Å²) < 4.78 is 10.5. The summed E-state index contributed by atoms with van der Waals surface area (Å²) in [5.74, 6) is 1.93. The molecule has 5 heteroatoms. The lowest BCUT2D eigenvalue weighted by Crippen LogP contribution is -2.46. The van der Waals surface area contributed by atoms with Crippen LogP contribution in [0.1, 0.15) is 23.2 Å². The molecule has 0 aliphatic carbocycles. The molecule has 0 bridgehead atoms. The second-order valence-corrected chi connectivity index (χ2v) is 5.72. The van der Waals surface area contributed by atoms with E-state index in [2.05, 4.69) is 5.32 Å². The maximum absolute atomic E-state index is 12.7. The molecule has 0 radical (unpaired) electrons. The summed E-state index contributed by atoms with van der Waals surface area (Å²) >= 11 is 0. The topological polar surface area (TPSA) is 50.8 Å². The molecule has 1 aromatic carbocycles. The molecule has 0 aromatic heterocycles. The van der Waals surface area contributed by atoms with Gasteiger partial charge in [-0.3, -0.25) is 4.79 Å². The van der Waals surface area contributed by atoms with Crippen molar-refractivity contribution in [3.05, 3.63) is 23.8 Å². The van der Waals surface area contributed by atoms with E-state index in [1.165, 1.54) is 6.42 Å². The van der Waals surface area contributed by atoms with E-state index in [-0.39, 0.29) is 5.91 Å². The fraction of sp³-hybridized carbons (Fsp3) is 0.562. The van der Waals surface area contributed by atoms with Crippen molar-refractivity contribution in [3.63, 3.8) is 0 Å². The predicted octanol–water partition coefficient (Wildman–Crippen LogP) is 1.53. The van der Waals surface area contributed by atoms with Gasteiger partial charge in [-0.1, -0.05) is 0 Å². The molecule has 2 heterocycles. The van der Waals surface area contributed by atoms with Gasteiger partial charge in [-0.25, -0.2) is 0 Å². The molecule has 0 spiro atoms. The summed E-state index contributed by atoms with van der Waals surface area (Å²) in [6.07, 6.45) is 2.21. The number of piperidine rings is 1. The fourth-order valence-electron chi connectivity index (χ4n) is 3.38. The number of carbonyl (C=O) groups excluding carboxylic acids is 1. The summed E-state index contributed by atoms with van der Waals surface area (Å²) in [7, 11) is 3.18. The summed E-state index contributed by atoms with van der Waals surface area (Å²) in [6, 6.07) is 5.96. The molecule has 2 atom stereocenters. The zero-order valence-electron chi connectivity index (χ0n) is 12.6. The molecule has 2 unspecified atom stereocenters. The number of methoxy groups -OCH3 is 2. The lowest BCUT2D eigenvalue weighted by atomic mass is 9.93. The van der Waals surface area contributed by atoms with Gasteiger partial charge in [0.25, 0.3) is 5.91 Å². The number of amides is 1. The van der Waals surface area contributed by atoms with Gasteiger partial charge >= 0.3 is 0 Å². The van der Waals surface area contributed by atoms with Gasteiger partial charge in [-0.05, 0) is 43.5 Å². The Labute approximate surface area is 125 Å². The van der Waals surface area contributed by atoms with Crippen molar-refractivity contribution in [2.75, 3.05) is 33.9 Å². The van der Waals surface area contributed by atoms with Gasteiger partial charge in [0.2, 0.25) is 0 Å². The lowest BCUT2D eigenvalue weighted by molar-refractivity contribution is 0.0661. The number of nitrogens with one attached hydrogen (secondary N) is 1. The minimum absolute atomic E-state index is 0.0845. The Kier molecular flexibility index (Phi) is 4.01. The van der Waals surface area contributed by atoms with Crippen LogP contribution in [0.25, 0.3) is 0 Å². The van der Waals surface area contributed by atoms with E-state index in [1.54, 1.807) is 26.4 Å². The zero-order valence-corrected chi connectivity index (χ0v) is 12.6. The van der Waals surface area contributed by atoms with E-state index < -0.39 is 0 Å². The van der Waals surface area contributed by atoms with Crippen molar-refractivity contribution in [2.24, 2.45) is 5.92 Å². The highest BCUT2D eigenvalue weighted by Gasteiger charge is 2.34. The Morgan fingerprint density at radius 3 is 2.81 bits per heavy atom. The van der Waals surface area contributed by atoms with Crippen LogP contribution in [0.2, 0.25) is 0 Å². The summed E-state index contributed by atoms with van der Waals surface area (Å²) in [6.45, 7) is 2.75. The van der Waals surface area contributed by atoms with E-state index in [0.29, 0.717) is 29.0 Å². The Hall–Kier alpha value is -1.75. The Morgan fingerprint density at radius 2 is 2.05 bits per heavy atom. The first-order chi connectivity index (χ1) is 10.2. The molecule has 2 aliphatic rings. The molecule has 0 saturated carbocycles. The first-order valence-corrected chi connectivity index (χ1v) is 7.47. The van der Waals surface area contributed by atoms with Crippen molar-refractivity contribution < 1.29 is 14.3 Å². The first-order valence-electron chi connectivity index (χ1n) is 7.47. The Morgan fingerprint density at radius 1 is 1.24 bits per heavy atom. The number of likely N-dealkylation sites (tertiary alicyclic amines) is 1. The normalized spacial score (nSPS) is 24.6. The van der Waals surface area contributed by atoms with Gasteiger partial charge in [0.15, 0.2) is 11.5 Å². The second kappa shape index (κ2) is 5.93.